The molecule has 0 heterocycles. The first-order valence-electron chi connectivity index (χ1n) is 5.16. The van der Waals surface area contributed by atoms with E-state index in [2.05, 4.69) is 50.0 Å². The maximum Gasteiger partial charge on any atom is 0.0342 e. The van der Waals surface area contributed by atoms with Crippen LogP contribution in [0.15, 0.2) is 36.9 Å². The summed E-state index contributed by atoms with van der Waals surface area (Å²) in [6.07, 6.45) is 4.17. The Morgan fingerprint density at radius 3 is 2.57 bits per heavy atom. The molecule has 0 saturated carbocycles. The lowest BCUT2D eigenvalue weighted by atomic mass is 10.1. The van der Waals surface area contributed by atoms with Crippen molar-refractivity contribution in [2.45, 2.75) is 32.7 Å². The smallest absolute Gasteiger partial charge is 0.0342 e. The van der Waals surface area contributed by atoms with Gasteiger partial charge in [0.25, 0.3) is 0 Å². The summed E-state index contributed by atoms with van der Waals surface area (Å²) in [7, 11) is 0. The van der Waals surface area contributed by atoms with E-state index in [1.165, 1.54) is 11.3 Å². The van der Waals surface area contributed by atoms with Crippen LogP contribution in [0.4, 0.5) is 5.69 Å². The third-order valence-electron chi connectivity index (χ3n) is 2.27. The van der Waals surface area contributed by atoms with Crippen LogP contribution < -0.4 is 5.32 Å². The zero-order valence-corrected chi connectivity index (χ0v) is 9.09. The molecule has 0 saturated heterocycles. The maximum atomic E-state index is 3.72. The van der Waals surface area contributed by atoms with Crippen molar-refractivity contribution in [3.05, 3.63) is 42.5 Å². The minimum Gasteiger partial charge on any atom is -0.383 e. The number of nitrogens with one attached hydrogen (secondary N) is 1. The molecule has 0 radical (unpaired) electrons. The van der Waals surface area contributed by atoms with Gasteiger partial charge in [0.05, 0.1) is 0 Å². The van der Waals surface area contributed by atoms with Crippen LogP contribution in [-0.2, 0) is 0 Å². The van der Waals surface area contributed by atoms with E-state index in [0.29, 0.717) is 6.04 Å². The fourth-order valence-electron chi connectivity index (χ4n) is 1.37. The number of benzene rings is 1. The zero-order chi connectivity index (χ0) is 10.4. The molecule has 0 aliphatic heterocycles. The Labute approximate surface area is 86.8 Å². The molecule has 1 aromatic carbocycles. The van der Waals surface area contributed by atoms with Gasteiger partial charge in [-0.05, 0) is 38.8 Å². The molecule has 1 nitrogen and oxygen atoms in total. The molecule has 14 heavy (non-hydrogen) atoms. The predicted molar refractivity (Wildman–Crippen MR) is 63.7 cm³/mol. The summed E-state index contributed by atoms with van der Waals surface area (Å²) < 4.78 is 0. The van der Waals surface area contributed by atoms with Crippen molar-refractivity contribution in [3.63, 3.8) is 0 Å². The lowest BCUT2D eigenvalue weighted by Crippen LogP contribution is -2.14. The van der Waals surface area contributed by atoms with E-state index in [9.17, 15) is 0 Å². The van der Waals surface area contributed by atoms with Gasteiger partial charge in [-0.2, -0.15) is 0 Å². The number of allylic oxidation sites excluding steroid dienone is 1. The highest BCUT2D eigenvalue weighted by atomic mass is 14.9. The topological polar surface area (TPSA) is 12.0 Å². The normalized spacial score (nSPS) is 12.1. The number of aryl methyl sites for hydroxylation is 1. The SMILES string of the molecule is C=CCCC(C)Nc1ccc(C)cc1. The molecule has 1 heteroatoms. The number of hydrogen-bond acceptors (Lipinski definition) is 1. The lowest BCUT2D eigenvalue weighted by molar-refractivity contribution is 0.719. The van der Waals surface area contributed by atoms with Gasteiger partial charge in [-0.3, -0.25) is 0 Å². The van der Waals surface area contributed by atoms with Gasteiger partial charge in [-0.25, -0.2) is 0 Å². The maximum absolute atomic E-state index is 3.72. The first-order valence-corrected chi connectivity index (χ1v) is 5.16. The second-order valence-corrected chi connectivity index (χ2v) is 3.78. The van der Waals surface area contributed by atoms with Crippen molar-refractivity contribution in [1.29, 1.82) is 0 Å². The molecule has 0 amide bonds. The fourth-order valence-corrected chi connectivity index (χ4v) is 1.37. The average molecular weight is 189 g/mol. The summed E-state index contributed by atoms with van der Waals surface area (Å²) in [6, 6.07) is 9.01. The first kappa shape index (κ1) is 10.8. The molecule has 76 valence electrons. The van der Waals surface area contributed by atoms with E-state index in [1.54, 1.807) is 0 Å². The second kappa shape index (κ2) is 5.48. The molecule has 1 atom stereocenters. The van der Waals surface area contributed by atoms with Crippen LogP contribution in [0.1, 0.15) is 25.3 Å². The second-order valence-electron chi connectivity index (χ2n) is 3.78. The molecule has 0 aliphatic rings. The van der Waals surface area contributed by atoms with Crippen LogP contribution >= 0.6 is 0 Å². The van der Waals surface area contributed by atoms with Crippen LogP contribution in [0.3, 0.4) is 0 Å². The molecule has 0 aromatic heterocycles. The molecule has 1 unspecified atom stereocenters. The van der Waals surface area contributed by atoms with Crippen LogP contribution in [0.25, 0.3) is 0 Å². The van der Waals surface area contributed by atoms with Crippen molar-refractivity contribution >= 4 is 5.69 Å². The molecule has 0 bridgehead atoms. The number of anilines is 1. The molecule has 0 spiro atoms. The molecule has 0 aliphatic carbocycles. The van der Waals surface area contributed by atoms with Crippen molar-refractivity contribution in [3.8, 4) is 0 Å². The highest BCUT2D eigenvalue weighted by Gasteiger charge is 1.99. The Hall–Kier alpha value is -1.24. The summed E-state index contributed by atoms with van der Waals surface area (Å²) in [6.45, 7) is 8.02. The minimum absolute atomic E-state index is 0.510. The van der Waals surface area contributed by atoms with Crippen LogP contribution in [0, 0.1) is 6.92 Å². The molecular weight excluding hydrogens is 170 g/mol. The Bertz CT molecular complexity index is 274. The van der Waals surface area contributed by atoms with Gasteiger partial charge >= 0.3 is 0 Å². The van der Waals surface area contributed by atoms with Gasteiger partial charge in [-0.1, -0.05) is 23.8 Å². The van der Waals surface area contributed by atoms with Crippen molar-refractivity contribution in [1.82, 2.24) is 0 Å². The van der Waals surface area contributed by atoms with E-state index in [0.717, 1.165) is 12.8 Å². The first-order chi connectivity index (χ1) is 6.72. The fraction of sp³-hybridized carbons (Fsp3) is 0.385. The van der Waals surface area contributed by atoms with Crippen molar-refractivity contribution in [2.75, 3.05) is 5.32 Å². The average Bonchev–Trinajstić information content (AvgIpc) is 2.18. The van der Waals surface area contributed by atoms with E-state index >= 15 is 0 Å². The van der Waals surface area contributed by atoms with Crippen LogP contribution in [0.2, 0.25) is 0 Å². The van der Waals surface area contributed by atoms with Gasteiger partial charge in [0, 0.05) is 11.7 Å². The van der Waals surface area contributed by atoms with Gasteiger partial charge in [-0.15, -0.1) is 6.58 Å². The predicted octanol–water partition coefficient (Wildman–Crippen LogP) is 3.76. The number of hydrogen-bond donors (Lipinski definition) is 1. The molecule has 1 N–H and O–H groups in total. The van der Waals surface area contributed by atoms with Gasteiger partial charge in [0.15, 0.2) is 0 Å². The molecule has 1 aromatic rings. The lowest BCUT2D eigenvalue weighted by Gasteiger charge is -2.14. The highest BCUT2D eigenvalue weighted by molar-refractivity contribution is 5.44. The Balaban J connectivity index is 2.43. The van der Waals surface area contributed by atoms with Gasteiger partial charge in [0.2, 0.25) is 0 Å². The monoisotopic (exact) mass is 189 g/mol. The van der Waals surface area contributed by atoms with E-state index in [4.69, 9.17) is 0 Å². The Morgan fingerprint density at radius 1 is 1.36 bits per heavy atom. The van der Waals surface area contributed by atoms with Crippen molar-refractivity contribution in [2.24, 2.45) is 0 Å². The Morgan fingerprint density at radius 2 is 2.00 bits per heavy atom. The van der Waals surface area contributed by atoms with Gasteiger partial charge in [0.1, 0.15) is 0 Å². The molecule has 1 rings (SSSR count). The van der Waals surface area contributed by atoms with Crippen molar-refractivity contribution < 1.29 is 0 Å². The summed E-state index contributed by atoms with van der Waals surface area (Å²) >= 11 is 0. The standard InChI is InChI=1S/C13H19N/c1-4-5-6-12(3)14-13-9-7-11(2)8-10-13/h4,7-10,12,14H,1,5-6H2,2-3H3. The van der Waals surface area contributed by atoms with E-state index < -0.39 is 0 Å². The third kappa shape index (κ3) is 3.65. The van der Waals surface area contributed by atoms with E-state index in [1.807, 2.05) is 6.08 Å². The van der Waals surface area contributed by atoms with Crippen LogP contribution in [0.5, 0.6) is 0 Å². The Kier molecular flexibility index (Phi) is 4.24. The molecular formula is C13H19N. The zero-order valence-electron chi connectivity index (χ0n) is 9.09. The summed E-state index contributed by atoms with van der Waals surface area (Å²) in [4.78, 5) is 0. The largest absolute Gasteiger partial charge is 0.383 e. The van der Waals surface area contributed by atoms with Gasteiger partial charge < -0.3 is 5.32 Å². The minimum atomic E-state index is 0.510. The summed E-state index contributed by atoms with van der Waals surface area (Å²) in [5.41, 5.74) is 2.50. The third-order valence-corrected chi connectivity index (χ3v) is 2.27. The summed E-state index contributed by atoms with van der Waals surface area (Å²) in [5, 5.41) is 3.46. The van der Waals surface area contributed by atoms with E-state index in [-0.39, 0.29) is 0 Å². The highest BCUT2D eigenvalue weighted by Crippen LogP contribution is 2.11. The number of rotatable bonds is 5. The summed E-state index contributed by atoms with van der Waals surface area (Å²) in [5.74, 6) is 0. The molecule has 0 fully saturated rings. The van der Waals surface area contributed by atoms with Crippen LogP contribution in [-0.4, -0.2) is 6.04 Å². The quantitative estimate of drug-likeness (QED) is 0.695.